The van der Waals surface area contributed by atoms with Crippen molar-refractivity contribution in [3.63, 3.8) is 0 Å². The topological polar surface area (TPSA) is 76.9 Å². The minimum atomic E-state index is -3.62. The van der Waals surface area contributed by atoms with Crippen molar-refractivity contribution >= 4 is 21.8 Å². The van der Waals surface area contributed by atoms with E-state index in [4.69, 9.17) is 0 Å². The smallest absolute Gasteiger partial charge is 0.241 e. The fourth-order valence-electron chi connectivity index (χ4n) is 3.90. The average Bonchev–Trinajstić information content (AvgIpc) is 3.73. The Kier molecular flexibility index (Phi) is 6.09. The van der Waals surface area contributed by atoms with Crippen LogP contribution in [0.15, 0.2) is 64.6 Å². The monoisotopic (exact) mass is 468 g/mol. The summed E-state index contributed by atoms with van der Waals surface area (Å²) in [7, 11) is -3.62. The molecule has 32 heavy (non-hydrogen) atoms. The van der Waals surface area contributed by atoms with Crippen molar-refractivity contribution in [1.82, 2.24) is 19.5 Å². The SMILES string of the molecule is Cc1ccc(S(=O)(=O)NC(CCSc2nnc(C3CC3)n2C2CC2)c2ccccc2)cc1. The van der Waals surface area contributed by atoms with E-state index in [1.54, 1.807) is 23.9 Å². The molecule has 1 unspecified atom stereocenters. The minimum absolute atomic E-state index is 0.291. The molecule has 0 amide bonds. The van der Waals surface area contributed by atoms with Crippen molar-refractivity contribution in [3.8, 4) is 0 Å². The Bertz CT molecular complexity index is 1170. The molecule has 0 bridgehead atoms. The van der Waals surface area contributed by atoms with E-state index in [1.807, 2.05) is 49.4 Å². The Morgan fingerprint density at radius 3 is 2.41 bits per heavy atom. The maximum absolute atomic E-state index is 13.1. The van der Waals surface area contributed by atoms with Crippen LogP contribution in [0.3, 0.4) is 0 Å². The molecule has 1 N–H and O–H groups in total. The fourth-order valence-corrected chi connectivity index (χ4v) is 6.18. The number of nitrogens with one attached hydrogen (secondary N) is 1. The molecule has 2 aliphatic carbocycles. The van der Waals surface area contributed by atoms with Crippen molar-refractivity contribution in [2.24, 2.45) is 0 Å². The third-order valence-electron chi connectivity index (χ3n) is 6.01. The number of thioether (sulfide) groups is 1. The summed E-state index contributed by atoms with van der Waals surface area (Å²) in [4.78, 5) is 0.291. The maximum atomic E-state index is 13.1. The number of aryl methyl sites for hydroxylation is 1. The van der Waals surface area contributed by atoms with E-state index in [0.29, 0.717) is 23.3 Å². The zero-order valence-electron chi connectivity index (χ0n) is 18.1. The largest absolute Gasteiger partial charge is 0.303 e. The average molecular weight is 469 g/mol. The Hall–Kier alpha value is -2.16. The summed E-state index contributed by atoms with van der Waals surface area (Å²) < 4.78 is 31.4. The normalized spacial score (nSPS) is 17.4. The highest BCUT2D eigenvalue weighted by molar-refractivity contribution is 7.99. The number of sulfonamides is 1. The lowest BCUT2D eigenvalue weighted by molar-refractivity contribution is 0.551. The number of hydrogen-bond donors (Lipinski definition) is 1. The second kappa shape index (κ2) is 9.00. The van der Waals surface area contributed by atoms with Gasteiger partial charge in [0.2, 0.25) is 10.0 Å². The van der Waals surface area contributed by atoms with E-state index in [2.05, 4.69) is 19.5 Å². The number of benzene rings is 2. The highest BCUT2D eigenvalue weighted by Crippen LogP contribution is 2.46. The third-order valence-corrected chi connectivity index (χ3v) is 8.48. The fraction of sp³-hybridized carbons (Fsp3) is 0.417. The van der Waals surface area contributed by atoms with Gasteiger partial charge in [-0.05, 0) is 56.7 Å². The molecule has 1 atom stereocenters. The van der Waals surface area contributed by atoms with Crippen LogP contribution in [-0.2, 0) is 10.0 Å². The summed E-state index contributed by atoms with van der Waals surface area (Å²) in [6.45, 7) is 1.95. The Morgan fingerprint density at radius 2 is 1.75 bits per heavy atom. The lowest BCUT2D eigenvalue weighted by Gasteiger charge is -2.19. The molecule has 0 spiro atoms. The zero-order chi connectivity index (χ0) is 22.1. The van der Waals surface area contributed by atoms with Gasteiger partial charge in [-0.2, -0.15) is 0 Å². The molecule has 0 saturated heterocycles. The first-order valence-electron chi connectivity index (χ1n) is 11.2. The lowest BCUT2D eigenvalue weighted by Crippen LogP contribution is -2.29. The Balaban J connectivity index is 1.31. The number of hydrogen-bond acceptors (Lipinski definition) is 5. The molecule has 2 fully saturated rings. The van der Waals surface area contributed by atoms with Gasteiger partial charge in [0, 0.05) is 23.8 Å². The molecule has 1 aromatic heterocycles. The van der Waals surface area contributed by atoms with E-state index in [9.17, 15) is 8.42 Å². The van der Waals surface area contributed by atoms with Crippen molar-refractivity contribution < 1.29 is 8.42 Å². The zero-order valence-corrected chi connectivity index (χ0v) is 19.8. The van der Waals surface area contributed by atoms with Crippen molar-refractivity contribution in [1.29, 1.82) is 0 Å². The second-order valence-corrected chi connectivity index (χ2v) is 11.5. The molecule has 8 heteroatoms. The van der Waals surface area contributed by atoms with Gasteiger partial charge in [0.25, 0.3) is 0 Å². The number of nitrogens with zero attached hydrogens (tertiary/aromatic N) is 3. The van der Waals surface area contributed by atoms with E-state index in [-0.39, 0.29) is 6.04 Å². The summed E-state index contributed by atoms with van der Waals surface area (Å²) in [6.07, 6.45) is 5.50. The quantitative estimate of drug-likeness (QED) is 0.424. The van der Waals surface area contributed by atoms with Crippen LogP contribution in [0.2, 0.25) is 0 Å². The summed E-state index contributed by atoms with van der Waals surface area (Å²) >= 11 is 1.68. The molecule has 2 aromatic carbocycles. The van der Waals surface area contributed by atoms with Crippen LogP contribution < -0.4 is 4.72 Å². The van der Waals surface area contributed by atoms with Crippen LogP contribution in [0.5, 0.6) is 0 Å². The summed E-state index contributed by atoms with van der Waals surface area (Å²) in [5.74, 6) is 2.48. The van der Waals surface area contributed by atoms with Gasteiger partial charge in [0.05, 0.1) is 4.90 Å². The van der Waals surface area contributed by atoms with Crippen LogP contribution in [0.25, 0.3) is 0 Å². The number of rotatable bonds is 10. The van der Waals surface area contributed by atoms with Gasteiger partial charge in [0.1, 0.15) is 5.82 Å². The van der Waals surface area contributed by atoms with Crippen molar-refractivity contribution in [2.75, 3.05) is 5.75 Å². The number of aromatic nitrogens is 3. The molecular formula is C24H28N4O2S2. The Labute approximate surface area is 193 Å². The first kappa shape index (κ1) is 21.7. The molecule has 2 saturated carbocycles. The summed E-state index contributed by atoms with van der Waals surface area (Å²) in [5, 5.41) is 9.93. The van der Waals surface area contributed by atoms with Gasteiger partial charge in [-0.3, -0.25) is 0 Å². The van der Waals surface area contributed by atoms with Crippen LogP contribution >= 0.6 is 11.8 Å². The lowest BCUT2D eigenvalue weighted by atomic mass is 10.1. The molecule has 0 radical (unpaired) electrons. The first-order chi connectivity index (χ1) is 15.5. The van der Waals surface area contributed by atoms with Gasteiger partial charge in [-0.1, -0.05) is 59.8 Å². The highest BCUT2D eigenvalue weighted by Gasteiger charge is 2.36. The molecule has 6 nitrogen and oxygen atoms in total. The van der Waals surface area contributed by atoms with Crippen molar-refractivity contribution in [3.05, 3.63) is 71.5 Å². The van der Waals surface area contributed by atoms with Gasteiger partial charge in [0.15, 0.2) is 5.16 Å². The van der Waals surface area contributed by atoms with Crippen LogP contribution in [0.4, 0.5) is 0 Å². The van der Waals surface area contributed by atoms with E-state index < -0.39 is 10.0 Å². The summed E-state index contributed by atoms with van der Waals surface area (Å²) in [6, 6.07) is 17.0. The summed E-state index contributed by atoms with van der Waals surface area (Å²) in [5.41, 5.74) is 2.00. The Morgan fingerprint density at radius 1 is 1.03 bits per heavy atom. The first-order valence-corrected chi connectivity index (χ1v) is 13.7. The van der Waals surface area contributed by atoms with Gasteiger partial charge >= 0.3 is 0 Å². The standard InChI is InChI=1S/C24H28N4O2S2/c1-17-7-13-21(14-8-17)32(29,30)27-22(18-5-3-2-4-6-18)15-16-31-24-26-25-23(19-9-10-19)28(24)20-11-12-20/h2-8,13-14,19-20,22,27H,9-12,15-16H2,1H3. The third kappa shape index (κ3) is 4.92. The van der Waals surface area contributed by atoms with E-state index in [1.165, 1.54) is 25.7 Å². The van der Waals surface area contributed by atoms with E-state index in [0.717, 1.165) is 27.9 Å². The van der Waals surface area contributed by atoms with E-state index >= 15 is 0 Å². The maximum Gasteiger partial charge on any atom is 0.241 e. The predicted octanol–water partition coefficient (Wildman–Crippen LogP) is 5.00. The second-order valence-electron chi connectivity index (χ2n) is 8.75. The molecule has 1 heterocycles. The highest BCUT2D eigenvalue weighted by atomic mass is 32.2. The van der Waals surface area contributed by atoms with Crippen LogP contribution in [-0.4, -0.2) is 28.9 Å². The van der Waals surface area contributed by atoms with Gasteiger partial charge in [-0.25, -0.2) is 13.1 Å². The van der Waals surface area contributed by atoms with Crippen LogP contribution in [0.1, 0.15) is 67.1 Å². The van der Waals surface area contributed by atoms with Crippen LogP contribution in [0, 0.1) is 6.92 Å². The predicted molar refractivity (Wildman–Crippen MR) is 126 cm³/mol. The molecular weight excluding hydrogens is 440 g/mol. The molecule has 2 aliphatic rings. The van der Waals surface area contributed by atoms with Gasteiger partial charge < -0.3 is 4.57 Å². The minimum Gasteiger partial charge on any atom is -0.303 e. The molecule has 168 valence electrons. The van der Waals surface area contributed by atoms with Crippen molar-refractivity contribution in [2.45, 2.75) is 67.1 Å². The molecule has 0 aliphatic heterocycles. The molecule has 3 aromatic rings. The molecule has 5 rings (SSSR count). The van der Waals surface area contributed by atoms with Gasteiger partial charge in [-0.15, -0.1) is 10.2 Å².